The summed E-state index contributed by atoms with van der Waals surface area (Å²) < 4.78 is 0. The van der Waals surface area contributed by atoms with Gasteiger partial charge >= 0.3 is 0 Å². The topological polar surface area (TPSA) is 0 Å². The predicted molar refractivity (Wildman–Crippen MR) is 156 cm³/mol. The van der Waals surface area contributed by atoms with Crippen molar-refractivity contribution in [2.75, 3.05) is 0 Å². The highest BCUT2D eigenvalue weighted by Crippen LogP contribution is 2.60. The van der Waals surface area contributed by atoms with Gasteiger partial charge in [0.05, 0.1) is 0 Å². The van der Waals surface area contributed by atoms with Gasteiger partial charge in [-0.2, -0.15) is 0 Å². The normalized spacial score (nSPS) is 39.6. The third-order valence-electron chi connectivity index (χ3n) is 12.4. The average Bonchev–Trinajstić information content (AvgIpc) is 2.96. The highest BCUT2D eigenvalue weighted by Gasteiger charge is 2.52. The SMILES string of the molecule is C1CCCC(B2C3CCCCCCCC3C3CCCCCCC3C3CCCCCCCC23)CCC1. The molecule has 0 aromatic carbocycles. The summed E-state index contributed by atoms with van der Waals surface area (Å²) in [6, 6.07) is 0. The van der Waals surface area contributed by atoms with Gasteiger partial charge in [-0.15, -0.1) is 0 Å². The second-order valence-electron chi connectivity index (χ2n) is 14.3. The van der Waals surface area contributed by atoms with E-state index in [-0.39, 0.29) is 0 Å². The van der Waals surface area contributed by atoms with Crippen LogP contribution < -0.4 is 0 Å². The van der Waals surface area contributed by atoms with Crippen molar-refractivity contribution in [3.8, 4) is 0 Å². The molecule has 4 saturated carbocycles. The molecule has 0 radical (unpaired) electrons. The summed E-state index contributed by atoms with van der Waals surface area (Å²) in [6.07, 6.45) is 42.4. The lowest BCUT2D eigenvalue weighted by Gasteiger charge is -2.42. The van der Waals surface area contributed by atoms with Crippen LogP contribution in [0.1, 0.15) is 173 Å². The molecule has 0 aromatic heterocycles. The average molecular weight is 481 g/mol. The summed E-state index contributed by atoms with van der Waals surface area (Å²) in [5, 5.41) is 0. The van der Waals surface area contributed by atoms with E-state index in [4.69, 9.17) is 0 Å². The van der Waals surface area contributed by atoms with Crippen LogP contribution in [0.15, 0.2) is 0 Å². The molecule has 35 heavy (non-hydrogen) atoms. The minimum absolute atomic E-state index is 1.08. The summed E-state index contributed by atoms with van der Waals surface area (Å²) in [5.41, 5.74) is 0. The second-order valence-corrected chi connectivity index (χ2v) is 14.3. The third kappa shape index (κ3) is 6.94. The lowest BCUT2D eigenvalue weighted by Crippen LogP contribution is -2.38. The van der Waals surface area contributed by atoms with Gasteiger partial charge in [0.2, 0.25) is 0 Å². The maximum Gasteiger partial charge on any atom is 0.150 e. The number of hydrogen-bond donors (Lipinski definition) is 0. The van der Waals surface area contributed by atoms with Crippen molar-refractivity contribution in [1.82, 2.24) is 0 Å². The molecule has 1 aliphatic heterocycles. The maximum atomic E-state index is 1.62. The van der Waals surface area contributed by atoms with Crippen LogP contribution in [0.25, 0.3) is 0 Å². The highest BCUT2D eigenvalue weighted by molar-refractivity contribution is 6.64. The van der Waals surface area contributed by atoms with Gasteiger partial charge in [0.25, 0.3) is 0 Å². The van der Waals surface area contributed by atoms with Crippen LogP contribution in [0.5, 0.6) is 0 Å². The zero-order chi connectivity index (χ0) is 23.7. The Hall–Kier alpha value is 0.0649. The molecule has 0 bridgehead atoms. The van der Waals surface area contributed by atoms with Crippen molar-refractivity contribution < 1.29 is 0 Å². The summed E-state index contributed by atoms with van der Waals surface area (Å²) >= 11 is 0. The maximum absolute atomic E-state index is 1.62. The molecule has 5 aliphatic rings. The Morgan fingerprint density at radius 3 is 0.943 bits per heavy atom. The fraction of sp³-hybridized carbons (Fsp3) is 1.00. The Bertz CT molecular complexity index is 537. The lowest BCUT2D eigenvalue weighted by molar-refractivity contribution is 0.111. The van der Waals surface area contributed by atoms with E-state index in [9.17, 15) is 0 Å². The van der Waals surface area contributed by atoms with Crippen LogP contribution in [0.2, 0.25) is 17.5 Å². The van der Waals surface area contributed by atoms with E-state index >= 15 is 0 Å². The number of fused-ring (bicyclic) bond motifs is 5. The summed E-state index contributed by atoms with van der Waals surface area (Å²) in [4.78, 5) is 0. The van der Waals surface area contributed by atoms with E-state index < -0.39 is 0 Å². The molecule has 6 unspecified atom stereocenters. The van der Waals surface area contributed by atoms with Crippen LogP contribution in [-0.2, 0) is 0 Å². The quantitative estimate of drug-likeness (QED) is 0.327. The van der Waals surface area contributed by atoms with Gasteiger partial charge in [-0.1, -0.05) is 178 Å². The van der Waals surface area contributed by atoms with Crippen molar-refractivity contribution in [3.05, 3.63) is 0 Å². The van der Waals surface area contributed by atoms with Crippen LogP contribution in [-0.4, -0.2) is 6.71 Å². The third-order valence-corrected chi connectivity index (χ3v) is 12.4. The van der Waals surface area contributed by atoms with Crippen molar-refractivity contribution in [1.29, 1.82) is 0 Å². The summed E-state index contributed by atoms with van der Waals surface area (Å²) in [6.45, 7) is 1.10. The van der Waals surface area contributed by atoms with Crippen molar-refractivity contribution in [3.63, 3.8) is 0 Å². The van der Waals surface area contributed by atoms with Gasteiger partial charge < -0.3 is 0 Å². The minimum Gasteiger partial charge on any atom is -0.0617 e. The van der Waals surface area contributed by atoms with Gasteiger partial charge in [-0.25, -0.2) is 0 Å². The van der Waals surface area contributed by atoms with E-state index in [2.05, 4.69) is 0 Å². The Labute approximate surface area is 221 Å². The molecule has 1 saturated heterocycles. The Morgan fingerprint density at radius 1 is 0.257 bits per heavy atom. The molecule has 4 aliphatic carbocycles. The molecule has 1 heteroatoms. The largest absolute Gasteiger partial charge is 0.150 e. The zero-order valence-corrected chi connectivity index (χ0v) is 23.7. The van der Waals surface area contributed by atoms with Crippen LogP contribution >= 0.6 is 0 Å². The van der Waals surface area contributed by atoms with E-state index in [0.29, 0.717) is 0 Å². The summed E-state index contributed by atoms with van der Waals surface area (Å²) in [5.74, 6) is 7.68. The van der Waals surface area contributed by atoms with Crippen LogP contribution in [0, 0.1) is 23.7 Å². The molecular weight excluding hydrogens is 419 g/mol. The van der Waals surface area contributed by atoms with Crippen molar-refractivity contribution in [2.45, 2.75) is 191 Å². The monoisotopic (exact) mass is 480 g/mol. The fourth-order valence-corrected chi connectivity index (χ4v) is 11.0. The van der Waals surface area contributed by atoms with Crippen LogP contribution in [0.4, 0.5) is 0 Å². The molecular formula is C34H61B. The van der Waals surface area contributed by atoms with Gasteiger partial charge in [-0.05, 0) is 36.5 Å². The molecule has 0 amide bonds. The molecule has 5 fully saturated rings. The molecule has 1 heterocycles. The van der Waals surface area contributed by atoms with Crippen molar-refractivity contribution >= 4 is 6.71 Å². The van der Waals surface area contributed by atoms with Gasteiger partial charge in [0, 0.05) is 0 Å². The Kier molecular flexibility index (Phi) is 10.9. The smallest absolute Gasteiger partial charge is 0.0617 e. The highest BCUT2D eigenvalue weighted by atomic mass is 14.5. The van der Waals surface area contributed by atoms with Gasteiger partial charge in [-0.3, -0.25) is 0 Å². The van der Waals surface area contributed by atoms with Gasteiger partial charge in [0.1, 0.15) is 6.71 Å². The Balaban J connectivity index is 1.55. The minimum atomic E-state index is 1.08. The molecule has 6 atom stereocenters. The summed E-state index contributed by atoms with van der Waals surface area (Å²) in [7, 11) is 0. The second kappa shape index (κ2) is 14.3. The van der Waals surface area contributed by atoms with E-state index in [1.54, 1.807) is 141 Å². The molecule has 0 nitrogen and oxygen atoms in total. The first kappa shape index (κ1) is 26.7. The Morgan fingerprint density at radius 2 is 0.543 bits per heavy atom. The first-order valence-corrected chi connectivity index (χ1v) is 17.4. The number of hydrogen-bond acceptors (Lipinski definition) is 0. The fourth-order valence-electron chi connectivity index (χ4n) is 11.0. The van der Waals surface area contributed by atoms with E-state index in [1.165, 1.54) is 32.1 Å². The number of rotatable bonds is 1. The predicted octanol–water partition coefficient (Wildman–Crippen LogP) is 11.7. The molecule has 0 N–H and O–H groups in total. The molecule has 200 valence electrons. The van der Waals surface area contributed by atoms with Crippen LogP contribution in [0.3, 0.4) is 0 Å². The zero-order valence-electron chi connectivity index (χ0n) is 23.7. The molecule has 0 spiro atoms. The van der Waals surface area contributed by atoms with Crippen molar-refractivity contribution in [2.24, 2.45) is 23.7 Å². The standard InChI is InChI=1S/C34H61B/c1-4-12-20-28(21-13-5-1)35-33-26-18-8-2-6-16-24-31(33)29-22-14-10-11-15-23-30(29)32-25-17-7-3-9-19-27-34(32)35/h28-34H,1-27H2. The van der Waals surface area contributed by atoms with Gasteiger partial charge in [0.15, 0.2) is 0 Å². The first-order chi connectivity index (χ1) is 17.4. The lowest BCUT2D eigenvalue weighted by atomic mass is 9.23. The first-order valence-electron chi connectivity index (χ1n) is 17.4. The van der Waals surface area contributed by atoms with E-state index in [1.807, 2.05) is 0 Å². The molecule has 5 rings (SSSR count). The van der Waals surface area contributed by atoms with E-state index in [0.717, 1.165) is 47.8 Å². The molecule has 0 aromatic rings.